The maximum absolute atomic E-state index is 6.51. The predicted molar refractivity (Wildman–Crippen MR) is 246 cm³/mol. The van der Waals surface area contributed by atoms with E-state index in [1.54, 1.807) is 0 Å². The fraction of sp³-hybridized carbons (Fsp3) is 0.0714. The van der Waals surface area contributed by atoms with Gasteiger partial charge < -0.3 is 9.32 Å². The number of benzene rings is 9. The first kappa shape index (κ1) is 34.3. The third-order valence-electron chi connectivity index (χ3n) is 13.0. The Labute approximate surface area is 348 Å². The van der Waals surface area contributed by atoms with E-state index in [0.717, 1.165) is 39.0 Å². The predicted octanol–water partition coefficient (Wildman–Crippen LogP) is 15.4. The van der Waals surface area contributed by atoms with Gasteiger partial charge in [0, 0.05) is 49.1 Å². The van der Waals surface area contributed by atoms with Gasteiger partial charge in [-0.3, -0.25) is 0 Å². The Hall–Kier alpha value is -6.81. The molecule has 1 aliphatic heterocycles. The molecule has 0 bridgehead atoms. The fourth-order valence-electron chi connectivity index (χ4n) is 10.4. The van der Waals surface area contributed by atoms with Crippen LogP contribution in [0.1, 0.15) is 47.2 Å². The van der Waals surface area contributed by atoms with E-state index in [-0.39, 0.29) is 5.41 Å². The molecule has 2 nitrogen and oxygen atoms in total. The van der Waals surface area contributed by atoms with Crippen LogP contribution in [-0.2, 0) is 10.8 Å². The number of para-hydroxylation sites is 1. The molecule has 9 aromatic carbocycles. The van der Waals surface area contributed by atoms with E-state index in [0.29, 0.717) is 0 Å². The average molecular weight is 774 g/mol. The van der Waals surface area contributed by atoms with Gasteiger partial charge in [-0.05, 0) is 110 Å². The summed E-state index contributed by atoms with van der Waals surface area (Å²) in [7, 11) is 0. The minimum absolute atomic E-state index is 0.232. The van der Waals surface area contributed by atoms with Crippen LogP contribution in [0.4, 0.5) is 17.1 Å². The highest BCUT2D eigenvalue weighted by Crippen LogP contribution is 2.63. The molecular weight excluding hydrogens is 735 g/mol. The molecule has 1 atom stereocenters. The number of hydrogen-bond donors (Lipinski definition) is 0. The Morgan fingerprint density at radius 1 is 0.407 bits per heavy atom. The van der Waals surface area contributed by atoms with Crippen molar-refractivity contribution in [3.8, 4) is 11.1 Å². The van der Waals surface area contributed by atoms with Crippen molar-refractivity contribution in [2.75, 3.05) is 4.90 Å². The quantitative estimate of drug-likeness (QED) is 0.177. The van der Waals surface area contributed by atoms with Gasteiger partial charge in [-0.2, -0.15) is 0 Å². The lowest BCUT2D eigenvalue weighted by Gasteiger charge is -2.51. The summed E-state index contributed by atoms with van der Waals surface area (Å²) in [4.78, 5) is 4.97. The molecule has 1 aliphatic carbocycles. The van der Waals surface area contributed by atoms with Crippen molar-refractivity contribution in [3.63, 3.8) is 0 Å². The van der Waals surface area contributed by atoms with E-state index >= 15 is 0 Å². The Bertz CT molecular complexity index is 3290. The summed E-state index contributed by atoms with van der Waals surface area (Å²) in [5.41, 5.74) is 14.7. The van der Waals surface area contributed by atoms with Crippen LogP contribution in [0.5, 0.6) is 0 Å². The van der Waals surface area contributed by atoms with Gasteiger partial charge in [0.2, 0.25) is 0 Å². The second-order valence-corrected chi connectivity index (χ2v) is 17.5. The van der Waals surface area contributed by atoms with Gasteiger partial charge >= 0.3 is 0 Å². The van der Waals surface area contributed by atoms with Crippen molar-refractivity contribution in [2.24, 2.45) is 0 Å². The molecule has 0 fully saturated rings. The van der Waals surface area contributed by atoms with Crippen LogP contribution in [0.15, 0.2) is 214 Å². The molecular formula is C56H39NOS. The molecule has 12 rings (SSSR count). The lowest BCUT2D eigenvalue weighted by Crippen LogP contribution is -2.43. The standard InChI is InChI=1S/C56H39NOS/c1-55(2)45-19-9-10-20-46(45)56(48-32-26-38-16-6-7-17-42(38)54(48)55)47-21-11-13-23-52(47)59-53-33-30-40(34-49(53)56)57(39-27-24-37(25-28-39)36-14-4-3-5-15-36)41-29-31-44-43-18-8-12-22-50(43)58-51(44)35-41/h3-35H,1-2H3. The van der Waals surface area contributed by atoms with Crippen molar-refractivity contribution in [1.82, 2.24) is 0 Å². The van der Waals surface area contributed by atoms with Crippen LogP contribution >= 0.6 is 11.8 Å². The largest absolute Gasteiger partial charge is 0.456 e. The van der Waals surface area contributed by atoms with Crippen molar-refractivity contribution < 1.29 is 4.42 Å². The second kappa shape index (κ2) is 12.8. The zero-order valence-corrected chi connectivity index (χ0v) is 33.6. The fourth-order valence-corrected chi connectivity index (χ4v) is 11.5. The van der Waals surface area contributed by atoms with Crippen LogP contribution in [0.25, 0.3) is 43.8 Å². The maximum atomic E-state index is 6.51. The van der Waals surface area contributed by atoms with E-state index < -0.39 is 5.41 Å². The third kappa shape index (κ3) is 4.95. The molecule has 0 saturated heterocycles. The topological polar surface area (TPSA) is 16.4 Å². The Kier molecular flexibility index (Phi) is 7.46. The number of nitrogens with zero attached hydrogens (tertiary/aromatic N) is 1. The average Bonchev–Trinajstić information content (AvgIpc) is 3.66. The van der Waals surface area contributed by atoms with Gasteiger partial charge in [0.1, 0.15) is 11.2 Å². The summed E-state index contributed by atoms with van der Waals surface area (Å²) in [6.45, 7) is 4.83. The first-order valence-electron chi connectivity index (χ1n) is 20.4. The van der Waals surface area contributed by atoms with Crippen LogP contribution in [0, 0.1) is 0 Å². The number of anilines is 3. The second-order valence-electron chi connectivity index (χ2n) is 16.4. The van der Waals surface area contributed by atoms with Gasteiger partial charge in [-0.15, -0.1) is 0 Å². The molecule has 0 saturated carbocycles. The highest BCUT2D eigenvalue weighted by Gasteiger charge is 2.52. The molecule has 59 heavy (non-hydrogen) atoms. The molecule has 280 valence electrons. The Morgan fingerprint density at radius 3 is 1.86 bits per heavy atom. The van der Waals surface area contributed by atoms with E-state index in [4.69, 9.17) is 4.42 Å². The molecule has 3 heteroatoms. The normalized spacial score (nSPS) is 16.1. The summed E-state index contributed by atoms with van der Waals surface area (Å²) in [6, 6.07) is 73.8. The van der Waals surface area contributed by atoms with Crippen molar-refractivity contribution in [1.29, 1.82) is 0 Å². The van der Waals surface area contributed by atoms with E-state index in [2.05, 4.69) is 213 Å². The van der Waals surface area contributed by atoms with Crippen molar-refractivity contribution in [2.45, 2.75) is 34.5 Å². The molecule has 1 spiro atoms. The van der Waals surface area contributed by atoms with Crippen molar-refractivity contribution in [3.05, 3.63) is 234 Å². The van der Waals surface area contributed by atoms with E-state index in [1.807, 2.05) is 17.8 Å². The Morgan fingerprint density at radius 2 is 1.02 bits per heavy atom. The SMILES string of the molecule is CC1(C)c2ccccc2C2(c3ccccc3Sc3ccc(N(c4ccc(-c5ccccc5)cc4)c4ccc5c(c4)oc4ccccc45)cc32)c2ccc3ccccc3c21. The first-order valence-corrected chi connectivity index (χ1v) is 21.2. The molecule has 0 amide bonds. The summed E-state index contributed by atoms with van der Waals surface area (Å²) in [6.07, 6.45) is 0. The first-order chi connectivity index (χ1) is 29.0. The molecule has 10 aromatic rings. The van der Waals surface area contributed by atoms with Gasteiger partial charge in [0.25, 0.3) is 0 Å². The highest BCUT2D eigenvalue weighted by atomic mass is 32.2. The number of fused-ring (bicyclic) bond motifs is 13. The van der Waals surface area contributed by atoms with Crippen molar-refractivity contribution >= 4 is 61.5 Å². The smallest absolute Gasteiger partial charge is 0.137 e. The Balaban J connectivity index is 1.14. The summed E-state index contributed by atoms with van der Waals surface area (Å²) >= 11 is 1.89. The minimum atomic E-state index is -0.565. The summed E-state index contributed by atoms with van der Waals surface area (Å²) < 4.78 is 6.51. The highest BCUT2D eigenvalue weighted by molar-refractivity contribution is 7.99. The number of furan rings is 1. The van der Waals surface area contributed by atoms with Crippen LogP contribution in [-0.4, -0.2) is 0 Å². The number of rotatable bonds is 4. The van der Waals surface area contributed by atoms with E-state index in [1.165, 1.54) is 65.1 Å². The van der Waals surface area contributed by atoms with Crippen LogP contribution in [0.2, 0.25) is 0 Å². The maximum Gasteiger partial charge on any atom is 0.137 e. The van der Waals surface area contributed by atoms with Gasteiger partial charge in [-0.25, -0.2) is 0 Å². The molecule has 1 aromatic heterocycles. The molecule has 0 N–H and O–H groups in total. The zero-order valence-electron chi connectivity index (χ0n) is 32.8. The molecule has 2 heterocycles. The zero-order chi connectivity index (χ0) is 39.3. The lowest BCUT2D eigenvalue weighted by molar-refractivity contribution is 0.554. The molecule has 0 radical (unpaired) electrons. The van der Waals surface area contributed by atoms with E-state index in [9.17, 15) is 0 Å². The monoisotopic (exact) mass is 773 g/mol. The number of hydrogen-bond acceptors (Lipinski definition) is 3. The van der Waals surface area contributed by atoms with Gasteiger partial charge in [0.05, 0.1) is 5.41 Å². The summed E-state index contributed by atoms with van der Waals surface area (Å²) in [5, 5.41) is 4.83. The molecule has 1 unspecified atom stereocenters. The van der Waals surface area contributed by atoms with Gasteiger partial charge in [-0.1, -0.05) is 165 Å². The van der Waals surface area contributed by atoms with Crippen LogP contribution in [0.3, 0.4) is 0 Å². The van der Waals surface area contributed by atoms with Gasteiger partial charge in [0.15, 0.2) is 0 Å². The minimum Gasteiger partial charge on any atom is -0.456 e. The summed E-state index contributed by atoms with van der Waals surface area (Å²) in [5.74, 6) is 0. The third-order valence-corrected chi connectivity index (χ3v) is 14.1. The van der Waals surface area contributed by atoms with Crippen LogP contribution < -0.4 is 4.90 Å². The lowest BCUT2D eigenvalue weighted by atomic mass is 9.53. The molecule has 2 aliphatic rings.